The van der Waals surface area contributed by atoms with Crippen LogP contribution in [0.5, 0.6) is 0 Å². The number of nitrogens with one attached hydrogen (secondary N) is 4. The van der Waals surface area contributed by atoms with Gasteiger partial charge in [-0.25, -0.2) is 0 Å². The predicted octanol–water partition coefficient (Wildman–Crippen LogP) is 5.71. The summed E-state index contributed by atoms with van der Waals surface area (Å²) in [5, 5.41) is 10.1. The summed E-state index contributed by atoms with van der Waals surface area (Å²) in [5.41, 5.74) is 20.9. The lowest BCUT2D eigenvalue weighted by Gasteiger charge is -2.28. The van der Waals surface area contributed by atoms with Gasteiger partial charge in [-0.3, -0.25) is 0 Å². The molecule has 0 aliphatic heterocycles. The molecule has 0 bridgehead atoms. The third-order valence-corrected chi connectivity index (χ3v) is 9.25. The quantitative estimate of drug-likeness (QED) is 0.150. The van der Waals surface area contributed by atoms with Gasteiger partial charge in [-0.2, -0.15) is 0 Å². The predicted molar refractivity (Wildman–Crippen MR) is 160 cm³/mol. The van der Waals surface area contributed by atoms with Crippen molar-refractivity contribution < 1.29 is 0 Å². The second-order valence-corrected chi connectivity index (χ2v) is 12.8. The number of hydrogen-bond acceptors (Lipinski definition) is 4. The Hall–Kier alpha value is -1.68. The first-order valence-electron chi connectivity index (χ1n) is 13.5. The monoisotopic (exact) mass is 626 g/mol. The molecule has 0 fully saturated rings. The van der Waals surface area contributed by atoms with Crippen molar-refractivity contribution in [2.24, 2.45) is 17.4 Å². The van der Waals surface area contributed by atoms with Crippen LogP contribution in [0.2, 0.25) is 0 Å². The summed E-state index contributed by atoms with van der Waals surface area (Å²) in [7, 11) is 0. The van der Waals surface area contributed by atoms with Crippen LogP contribution in [-0.4, -0.2) is 35.6 Å². The fourth-order valence-electron chi connectivity index (χ4n) is 6.44. The van der Waals surface area contributed by atoms with E-state index >= 15 is 0 Å². The van der Waals surface area contributed by atoms with Crippen LogP contribution < -0.4 is 22.1 Å². The van der Waals surface area contributed by atoms with Crippen LogP contribution in [0.1, 0.15) is 60.3 Å². The van der Waals surface area contributed by atoms with Crippen LogP contribution in [-0.2, 0) is 12.8 Å². The molecule has 2 aliphatic carbocycles. The highest BCUT2D eigenvalue weighted by atomic mass is 79.9. The highest BCUT2D eigenvalue weighted by Crippen LogP contribution is 2.37. The molecule has 0 saturated heterocycles. The van der Waals surface area contributed by atoms with E-state index in [-0.39, 0.29) is 12.1 Å². The summed E-state index contributed by atoms with van der Waals surface area (Å²) in [6.07, 6.45) is 6.54. The first-order chi connectivity index (χ1) is 18.0. The molecule has 4 atom stereocenters. The summed E-state index contributed by atoms with van der Waals surface area (Å²) >= 11 is 7.24. The summed E-state index contributed by atoms with van der Waals surface area (Å²) in [6.45, 7) is 2.70. The summed E-state index contributed by atoms with van der Waals surface area (Å²) in [6, 6.07) is 13.5. The second kappa shape index (κ2) is 10.8. The Balaban J connectivity index is 0.988. The van der Waals surface area contributed by atoms with E-state index < -0.39 is 0 Å². The van der Waals surface area contributed by atoms with Gasteiger partial charge in [0.25, 0.3) is 0 Å². The van der Waals surface area contributed by atoms with Gasteiger partial charge in [-0.15, -0.1) is 0 Å². The molecular formula is C29H36Br2N6. The molecule has 2 aliphatic rings. The molecule has 2 heterocycles. The zero-order valence-electron chi connectivity index (χ0n) is 21.0. The summed E-state index contributed by atoms with van der Waals surface area (Å²) in [4.78, 5) is 7.24. The molecular weight excluding hydrogens is 592 g/mol. The minimum Gasteiger partial charge on any atom is -0.357 e. The third-order valence-electron chi connectivity index (χ3n) is 8.27. The topological polar surface area (TPSA) is 108 Å². The normalized spacial score (nSPS) is 22.3. The fourth-order valence-corrected chi connectivity index (χ4v) is 7.16. The van der Waals surface area contributed by atoms with Crippen molar-refractivity contribution in [1.29, 1.82) is 0 Å². The minimum absolute atomic E-state index is 0.0609. The van der Waals surface area contributed by atoms with Gasteiger partial charge in [0.2, 0.25) is 0 Å². The number of aromatic nitrogens is 2. The van der Waals surface area contributed by atoms with Crippen molar-refractivity contribution in [2.45, 2.75) is 56.7 Å². The first kappa shape index (κ1) is 25.6. The van der Waals surface area contributed by atoms with Crippen LogP contribution in [0, 0.1) is 5.92 Å². The Labute approximate surface area is 235 Å². The van der Waals surface area contributed by atoms with Crippen LogP contribution in [0.3, 0.4) is 0 Å². The maximum Gasteiger partial charge on any atom is 0.0476 e. The van der Waals surface area contributed by atoms with E-state index in [1.54, 1.807) is 0 Å². The molecule has 0 saturated carbocycles. The van der Waals surface area contributed by atoms with E-state index in [1.165, 1.54) is 57.2 Å². The molecule has 196 valence electrons. The zero-order valence-corrected chi connectivity index (χ0v) is 24.2. The number of rotatable bonds is 8. The fraction of sp³-hybridized carbons (Fsp3) is 0.448. The third kappa shape index (κ3) is 5.29. The van der Waals surface area contributed by atoms with E-state index in [2.05, 4.69) is 88.9 Å². The van der Waals surface area contributed by atoms with Gasteiger partial charge in [-0.05, 0) is 105 Å². The maximum atomic E-state index is 6.56. The minimum atomic E-state index is 0.0609. The van der Waals surface area contributed by atoms with Gasteiger partial charge in [-0.1, -0.05) is 31.9 Å². The molecule has 0 amide bonds. The molecule has 2 aromatic carbocycles. The molecule has 0 spiro atoms. The van der Waals surface area contributed by atoms with E-state index in [1.807, 2.05) is 0 Å². The van der Waals surface area contributed by atoms with Gasteiger partial charge >= 0.3 is 0 Å². The number of fused-ring (bicyclic) bond motifs is 6. The molecule has 2 aromatic heterocycles. The van der Waals surface area contributed by atoms with Crippen molar-refractivity contribution in [3.8, 4) is 0 Å². The highest BCUT2D eigenvalue weighted by molar-refractivity contribution is 9.10. The SMILES string of the molecule is NC(CCNC1CCCc2c1[nH]c1ccc(Br)cc21)CNCC1Cc2c([nH]c3ccc(Br)cc23)C(N)C1. The standard InChI is InChI=1S/C29H36Br2N6/c30-17-4-6-25-21(12-17)20-2-1-3-27(29(20)37-25)35-9-8-19(32)15-34-14-16-10-23-22-13-18(31)5-7-26(22)36-28(23)24(33)11-16/h4-7,12-13,16,19,24,27,34-37H,1-3,8-11,14-15,32-33H2. The van der Waals surface area contributed by atoms with E-state index in [4.69, 9.17) is 11.5 Å². The lowest BCUT2D eigenvalue weighted by Crippen LogP contribution is -2.40. The van der Waals surface area contributed by atoms with Gasteiger partial charge in [0.15, 0.2) is 0 Å². The molecule has 6 rings (SSSR count). The molecule has 4 unspecified atom stereocenters. The Morgan fingerprint density at radius 2 is 1.68 bits per heavy atom. The van der Waals surface area contributed by atoms with Crippen molar-refractivity contribution in [3.63, 3.8) is 0 Å². The summed E-state index contributed by atoms with van der Waals surface area (Å²) in [5.74, 6) is 0.522. The second-order valence-electron chi connectivity index (χ2n) is 10.9. The van der Waals surface area contributed by atoms with Crippen LogP contribution in [0.25, 0.3) is 21.8 Å². The molecule has 6 nitrogen and oxygen atoms in total. The number of aromatic amines is 2. The van der Waals surface area contributed by atoms with E-state index in [0.717, 1.165) is 54.3 Å². The Morgan fingerprint density at radius 3 is 2.43 bits per heavy atom. The molecule has 8 heteroatoms. The number of benzene rings is 2. The molecule has 4 aromatic rings. The number of nitrogens with two attached hydrogens (primary N) is 2. The first-order valence-corrected chi connectivity index (χ1v) is 15.1. The van der Waals surface area contributed by atoms with Crippen molar-refractivity contribution >= 4 is 53.7 Å². The summed E-state index contributed by atoms with van der Waals surface area (Å²) < 4.78 is 2.25. The number of H-pyrrole nitrogens is 2. The number of halogens is 2. The van der Waals surface area contributed by atoms with E-state index in [0.29, 0.717) is 12.0 Å². The largest absolute Gasteiger partial charge is 0.357 e. The Kier molecular flexibility index (Phi) is 7.49. The average molecular weight is 628 g/mol. The van der Waals surface area contributed by atoms with Gasteiger partial charge in [0.1, 0.15) is 0 Å². The zero-order chi connectivity index (χ0) is 25.5. The molecule has 0 radical (unpaired) electrons. The smallest absolute Gasteiger partial charge is 0.0476 e. The van der Waals surface area contributed by atoms with E-state index in [9.17, 15) is 0 Å². The molecule has 8 N–H and O–H groups in total. The van der Waals surface area contributed by atoms with Crippen LogP contribution >= 0.6 is 31.9 Å². The van der Waals surface area contributed by atoms with Crippen molar-refractivity contribution in [1.82, 2.24) is 20.6 Å². The Bertz CT molecular complexity index is 1410. The Morgan fingerprint density at radius 1 is 0.973 bits per heavy atom. The number of aryl methyl sites for hydroxylation is 1. The van der Waals surface area contributed by atoms with Gasteiger partial charge in [0.05, 0.1) is 0 Å². The lowest BCUT2D eigenvalue weighted by atomic mass is 9.83. The average Bonchev–Trinajstić information content (AvgIpc) is 3.43. The van der Waals surface area contributed by atoms with Crippen LogP contribution in [0.15, 0.2) is 45.3 Å². The lowest BCUT2D eigenvalue weighted by molar-refractivity contribution is 0.372. The highest BCUT2D eigenvalue weighted by Gasteiger charge is 2.28. The van der Waals surface area contributed by atoms with Gasteiger partial charge < -0.3 is 32.1 Å². The van der Waals surface area contributed by atoms with Crippen molar-refractivity contribution in [2.75, 3.05) is 19.6 Å². The maximum absolute atomic E-state index is 6.56. The van der Waals surface area contributed by atoms with Crippen molar-refractivity contribution in [3.05, 3.63) is 67.9 Å². The molecule has 37 heavy (non-hydrogen) atoms. The van der Waals surface area contributed by atoms with Gasteiger partial charge in [0, 0.05) is 66.8 Å². The number of hydrogen-bond donors (Lipinski definition) is 6. The van der Waals surface area contributed by atoms with Crippen LogP contribution in [0.4, 0.5) is 0 Å².